The third kappa shape index (κ3) is 2.76. The van der Waals surface area contributed by atoms with Crippen LogP contribution in [0.1, 0.15) is 33.1 Å². The summed E-state index contributed by atoms with van der Waals surface area (Å²) in [5.74, 6) is 0. The summed E-state index contributed by atoms with van der Waals surface area (Å²) in [5, 5.41) is 3.45. The van der Waals surface area contributed by atoms with Crippen LogP contribution in [-0.2, 0) is 0 Å². The normalized spacial score (nSPS) is 25.8. The van der Waals surface area contributed by atoms with E-state index in [-0.39, 0.29) is 0 Å². The van der Waals surface area contributed by atoms with Gasteiger partial charge in [-0.15, -0.1) is 0 Å². The van der Waals surface area contributed by atoms with Crippen LogP contribution in [0.3, 0.4) is 0 Å². The van der Waals surface area contributed by atoms with Gasteiger partial charge in [0.25, 0.3) is 0 Å². The molecule has 1 rings (SSSR count). The lowest BCUT2D eigenvalue weighted by Gasteiger charge is -2.28. The Bertz CT molecular complexity index is 102. The lowest BCUT2D eigenvalue weighted by molar-refractivity contribution is 0.201. The van der Waals surface area contributed by atoms with Crippen molar-refractivity contribution >= 4 is 0 Å². The zero-order chi connectivity index (χ0) is 8.81. The molecule has 1 aliphatic rings. The Morgan fingerprint density at radius 2 is 1.92 bits per heavy atom. The molecule has 1 heterocycles. The molecule has 0 spiro atoms. The third-order valence-electron chi connectivity index (χ3n) is 2.87. The zero-order valence-corrected chi connectivity index (χ0v) is 8.47. The van der Waals surface area contributed by atoms with Crippen LogP contribution < -0.4 is 5.32 Å². The van der Waals surface area contributed by atoms with Gasteiger partial charge < -0.3 is 10.2 Å². The van der Waals surface area contributed by atoms with Crippen LogP contribution in [0.15, 0.2) is 0 Å². The topological polar surface area (TPSA) is 15.3 Å². The van der Waals surface area contributed by atoms with E-state index < -0.39 is 0 Å². The average molecular weight is 170 g/mol. The van der Waals surface area contributed by atoms with E-state index in [9.17, 15) is 0 Å². The maximum absolute atomic E-state index is 3.45. The Labute approximate surface area is 76.3 Å². The summed E-state index contributed by atoms with van der Waals surface area (Å²) in [6, 6.07) is 0.843. The van der Waals surface area contributed by atoms with Crippen molar-refractivity contribution in [3.8, 4) is 0 Å². The second-order valence-electron chi connectivity index (χ2n) is 3.56. The molecule has 1 atom stereocenters. The summed E-state index contributed by atoms with van der Waals surface area (Å²) < 4.78 is 0. The predicted octanol–water partition coefficient (Wildman–Crippen LogP) is 1.47. The minimum atomic E-state index is 0.843. The Kier molecular flexibility index (Phi) is 4.62. The van der Waals surface area contributed by atoms with E-state index in [1.807, 2.05) is 0 Å². The monoisotopic (exact) mass is 170 g/mol. The number of hydrogen-bond acceptors (Lipinski definition) is 2. The van der Waals surface area contributed by atoms with E-state index in [0.717, 1.165) is 6.04 Å². The van der Waals surface area contributed by atoms with Gasteiger partial charge >= 0.3 is 0 Å². The molecule has 0 unspecified atom stereocenters. The van der Waals surface area contributed by atoms with Crippen LogP contribution in [0.4, 0.5) is 0 Å². The quantitative estimate of drug-likeness (QED) is 0.690. The van der Waals surface area contributed by atoms with Crippen molar-refractivity contribution in [3.05, 3.63) is 0 Å². The predicted molar refractivity (Wildman–Crippen MR) is 53.4 cm³/mol. The van der Waals surface area contributed by atoms with Gasteiger partial charge in [-0.2, -0.15) is 0 Å². The first-order chi connectivity index (χ1) is 5.88. The molecule has 0 aromatic carbocycles. The zero-order valence-electron chi connectivity index (χ0n) is 8.47. The Morgan fingerprint density at radius 1 is 1.17 bits per heavy atom. The van der Waals surface area contributed by atoms with Gasteiger partial charge in [-0.05, 0) is 45.4 Å². The number of rotatable bonds is 3. The van der Waals surface area contributed by atoms with Gasteiger partial charge in [0.15, 0.2) is 0 Å². The molecule has 0 aromatic heterocycles. The highest BCUT2D eigenvalue weighted by atomic mass is 15.1. The fourth-order valence-electron chi connectivity index (χ4n) is 2.11. The Hall–Kier alpha value is -0.0800. The summed E-state index contributed by atoms with van der Waals surface area (Å²) in [5.41, 5.74) is 0. The molecular weight excluding hydrogens is 148 g/mol. The molecule has 1 saturated heterocycles. The van der Waals surface area contributed by atoms with Crippen LogP contribution in [0.2, 0.25) is 0 Å². The van der Waals surface area contributed by atoms with E-state index in [1.54, 1.807) is 0 Å². The molecule has 0 amide bonds. The van der Waals surface area contributed by atoms with E-state index in [2.05, 4.69) is 24.1 Å². The summed E-state index contributed by atoms with van der Waals surface area (Å²) in [6.07, 6.45) is 4.07. The fraction of sp³-hybridized carbons (Fsp3) is 1.00. The van der Waals surface area contributed by atoms with Crippen molar-refractivity contribution in [2.24, 2.45) is 0 Å². The Morgan fingerprint density at radius 3 is 2.58 bits per heavy atom. The van der Waals surface area contributed by atoms with E-state index in [4.69, 9.17) is 0 Å². The fourth-order valence-corrected chi connectivity index (χ4v) is 2.11. The molecule has 2 heteroatoms. The van der Waals surface area contributed by atoms with Gasteiger partial charge in [-0.1, -0.05) is 13.8 Å². The van der Waals surface area contributed by atoms with Crippen molar-refractivity contribution in [1.82, 2.24) is 10.2 Å². The molecular formula is C10H22N2. The van der Waals surface area contributed by atoms with Gasteiger partial charge in [0.05, 0.1) is 0 Å². The molecule has 1 N–H and O–H groups in total. The average Bonchev–Trinajstić information content (AvgIpc) is 2.35. The second kappa shape index (κ2) is 5.55. The highest BCUT2D eigenvalue weighted by Gasteiger charge is 2.16. The molecule has 0 bridgehead atoms. The third-order valence-corrected chi connectivity index (χ3v) is 2.87. The van der Waals surface area contributed by atoms with Crippen molar-refractivity contribution < 1.29 is 0 Å². The van der Waals surface area contributed by atoms with E-state index >= 15 is 0 Å². The smallest absolute Gasteiger partial charge is 0.0108 e. The van der Waals surface area contributed by atoms with Crippen LogP contribution in [0, 0.1) is 0 Å². The highest BCUT2D eigenvalue weighted by Crippen LogP contribution is 2.12. The van der Waals surface area contributed by atoms with Gasteiger partial charge in [0.1, 0.15) is 0 Å². The summed E-state index contributed by atoms with van der Waals surface area (Å²) in [7, 11) is 0. The van der Waals surface area contributed by atoms with Crippen LogP contribution in [-0.4, -0.2) is 37.1 Å². The van der Waals surface area contributed by atoms with Crippen molar-refractivity contribution in [3.63, 3.8) is 0 Å². The standard InChI is InChI=1S/C10H22N2/c1-3-12(4-2)10-6-5-8-11-9-7-10/h10-11H,3-9H2,1-2H3/t10-/m1/s1. The van der Waals surface area contributed by atoms with Gasteiger partial charge in [-0.3, -0.25) is 0 Å². The molecule has 0 aliphatic carbocycles. The number of hydrogen-bond donors (Lipinski definition) is 1. The summed E-state index contributed by atoms with van der Waals surface area (Å²) >= 11 is 0. The SMILES string of the molecule is CCN(CC)[C@@H]1CCCNCC1. The molecule has 1 aliphatic heterocycles. The van der Waals surface area contributed by atoms with E-state index in [1.165, 1.54) is 45.4 Å². The highest BCUT2D eigenvalue weighted by molar-refractivity contribution is 4.74. The molecule has 2 nitrogen and oxygen atoms in total. The second-order valence-corrected chi connectivity index (χ2v) is 3.56. The Balaban J connectivity index is 2.35. The van der Waals surface area contributed by atoms with Crippen molar-refractivity contribution in [2.45, 2.75) is 39.2 Å². The first-order valence-electron chi connectivity index (χ1n) is 5.33. The molecule has 0 aromatic rings. The minimum absolute atomic E-state index is 0.843. The van der Waals surface area contributed by atoms with Crippen LogP contribution >= 0.6 is 0 Å². The molecule has 0 radical (unpaired) electrons. The van der Waals surface area contributed by atoms with E-state index in [0.29, 0.717) is 0 Å². The lowest BCUT2D eigenvalue weighted by atomic mass is 10.1. The summed E-state index contributed by atoms with van der Waals surface area (Å²) in [6.45, 7) is 9.38. The van der Waals surface area contributed by atoms with Crippen molar-refractivity contribution in [1.29, 1.82) is 0 Å². The lowest BCUT2D eigenvalue weighted by Crippen LogP contribution is -2.35. The van der Waals surface area contributed by atoms with Gasteiger partial charge in [0.2, 0.25) is 0 Å². The van der Waals surface area contributed by atoms with Crippen LogP contribution in [0.25, 0.3) is 0 Å². The molecule has 1 fully saturated rings. The van der Waals surface area contributed by atoms with Gasteiger partial charge in [-0.25, -0.2) is 0 Å². The number of nitrogens with one attached hydrogen (secondary N) is 1. The maximum Gasteiger partial charge on any atom is 0.0108 e. The first kappa shape index (κ1) is 10.0. The maximum atomic E-state index is 3.45. The number of nitrogens with zero attached hydrogens (tertiary/aromatic N) is 1. The van der Waals surface area contributed by atoms with Crippen LogP contribution in [0.5, 0.6) is 0 Å². The minimum Gasteiger partial charge on any atom is -0.317 e. The molecule has 72 valence electrons. The largest absolute Gasteiger partial charge is 0.317 e. The first-order valence-corrected chi connectivity index (χ1v) is 5.33. The molecule has 12 heavy (non-hydrogen) atoms. The molecule has 0 saturated carbocycles. The van der Waals surface area contributed by atoms with Crippen molar-refractivity contribution in [2.75, 3.05) is 26.2 Å². The summed E-state index contributed by atoms with van der Waals surface area (Å²) in [4.78, 5) is 2.59. The van der Waals surface area contributed by atoms with Gasteiger partial charge in [0, 0.05) is 6.04 Å².